The molecule has 0 aliphatic heterocycles. The summed E-state index contributed by atoms with van der Waals surface area (Å²) in [6.45, 7) is 7.05. The van der Waals surface area contributed by atoms with Crippen LogP contribution in [0.25, 0.3) is 0 Å². The van der Waals surface area contributed by atoms with Crippen molar-refractivity contribution in [3.8, 4) is 0 Å². The van der Waals surface area contributed by atoms with Crippen molar-refractivity contribution in [3.63, 3.8) is 0 Å². The SMILES string of the molecule is Cc1ccc(CCC(=O)N(Cc2cccc(Cl)c2)C(Cc2ccccc2)C(=O)NCC(C)C)cc1. The van der Waals surface area contributed by atoms with Crippen LogP contribution in [0.2, 0.25) is 5.02 Å². The first-order chi connectivity index (χ1) is 16.8. The van der Waals surface area contributed by atoms with E-state index < -0.39 is 6.04 Å². The van der Waals surface area contributed by atoms with Gasteiger partial charge in [-0.05, 0) is 48.1 Å². The molecule has 0 saturated carbocycles. The molecule has 0 bridgehead atoms. The standard InChI is InChI=1S/C30H35ClN2O2/c1-22(2)20-32-30(35)28(19-25-8-5-4-6-9-25)33(21-26-10-7-11-27(31)18-26)29(34)17-16-24-14-12-23(3)13-15-24/h4-15,18,22,28H,16-17,19-21H2,1-3H3,(H,32,35). The number of amides is 2. The van der Waals surface area contributed by atoms with Crippen LogP contribution in [-0.4, -0.2) is 29.3 Å². The highest BCUT2D eigenvalue weighted by atomic mass is 35.5. The molecule has 1 atom stereocenters. The summed E-state index contributed by atoms with van der Waals surface area (Å²) in [6, 6.07) is 24.9. The van der Waals surface area contributed by atoms with Crippen molar-refractivity contribution in [2.24, 2.45) is 5.92 Å². The summed E-state index contributed by atoms with van der Waals surface area (Å²) < 4.78 is 0. The highest BCUT2D eigenvalue weighted by Gasteiger charge is 2.30. The topological polar surface area (TPSA) is 49.4 Å². The van der Waals surface area contributed by atoms with E-state index in [9.17, 15) is 9.59 Å². The second kappa shape index (κ2) is 13.1. The van der Waals surface area contributed by atoms with Crippen molar-refractivity contribution >= 4 is 23.4 Å². The molecule has 0 aromatic heterocycles. The number of hydrogen-bond donors (Lipinski definition) is 1. The predicted molar refractivity (Wildman–Crippen MR) is 143 cm³/mol. The third-order valence-corrected chi connectivity index (χ3v) is 6.18. The quantitative estimate of drug-likeness (QED) is 0.358. The van der Waals surface area contributed by atoms with Gasteiger partial charge >= 0.3 is 0 Å². The first-order valence-corrected chi connectivity index (χ1v) is 12.6. The number of hydrogen-bond acceptors (Lipinski definition) is 2. The van der Waals surface area contributed by atoms with Crippen molar-refractivity contribution in [2.75, 3.05) is 6.54 Å². The second-order valence-corrected chi connectivity index (χ2v) is 9.92. The Bertz CT molecular complexity index is 1100. The predicted octanol–water partition coefficient (Wildman–Crippen LogP) is 5.99. The van der Waals surface area contributed by atoms with Gasteiger partial charge in [-0.15, -0.1) is 0 Å². The monoisotopic (exact) mass is 490 g/mol. The van der Waals surface area contributed by atoms with Crippen LogP contribution in [0.15, 0.2) is 78.9 Å². The Morgan fingerprint density at radius 1 is 0.886 bits per heavy atom. The minimum absolute atomic E-state index is 0.0498. The fraction of sp³-hybridized carbons (Fsp3) is 0.333. The maximum Gasteiger partial charge on any atom is 0.243 e. The van der Waals surface area contributed by atoms with E-state index in [4.69, 9.17) is 11.6 Å². The number of nitrogens with zero attached hydrogens (tertiary/aromatic N) is 1. The van der Waals surface area contributed by atoms with E-state index in [0.717, 1.165) is 16.7 Å². The number of benzene rings is 3. The maximum absolute atomic E-state index is 13.7. The number of halogens is 1. The lowest BCUT2D eigenvalue weighted by Crippen LogP contribution is -2.51. The first-order valence-electron chi connectivity index (χ1n) is 12.2. The molecule has 0 radical (unpaired) electrons. The van der Waals surface area contributed by atoms with E-state index in [1.807, 2.05) is 61.5 Å². The number of aryl methyl sites for hydroxylation is 2. The molecule has 4 nitrogen and oxygen atoms in total. The van der Waals surface area contributed by atoms with Gasteiger partial charge in [-0.1, -0.05) is 97.7 Å². The Hall–Kier alpha value is -3.11. The van der Waals surface area contributed by atoms with Crippen LogP contribution in [0.3, 0.4) is 0 Å². The molecule has 35 heavy (non-hydrogen) atoms. The van der Waals surface area contributed by atoms with Crippen LogP contribution in [0, 0.1) is 12.8 Å². The van der Waals surface area contributed by atoms with E-state index in [-0.39, 0.29) is 11.8 Å². The molecule has 3 rings (SSSR count). The molecule has 1 N–H and O–H groups in total. The molecule has 0 aliphatic carbocycles. The molecule has 184 valence electrons. The zero-order valence-corrected chi connectivity index (χ0v) is 21.6. The zero-order chi connectivity index (χ0) is 25.2. The van der Waals surface area contributed by atoms with Gasteiger partial charge in [-0.2, -0.15) is 0 Å². The Morgan fingerprint density at radius 3 is 2.23 bits per heavy atom. The van der Waals surface area contributed by atoms with Crippen molar-refractivity contribution in [1.82, 2.24) is 10.2 Å². The molecule has 0 aliphatic rings. The van der Waals surface area contributed by atoms with Crippen LogP contribution in [0.5, 0.6) is 0 Å². The fourth-order valence-corrected chi connectivity index (χ4v) is 4.17. The molecule has 1 unspecified atom stereocenters. The van der Waals surface area contributed by atoms with Gasteiger partial charge in [0.1, 0.15) is 6.04 Å². The number of carbonyl (C=O) groups excluding carboxylic acids is 2. The van der Waals surface area contributed by atoms with Crippen molar-refractivity contribution < 1.29 is 9.59 Å². The van der Waals surface area contributed by atoms with Gasteiger partial charge in [0.05, 0.1) is 0 Å². The van der Waals surface area contributed by atoms with Gasteiger partial charge in [0.25, 0.3) is 0 Å². The largest absolute Gasteiger partial charge is 0.354 e. The summed E-state index contributed by atoms with van der Waals surface area (Å²) in [7, 11) is 0. The maximum atomic E-state index is 13.7. The van der Waals surface area contributed by atoms with Gasteiger partial charge < -0.3 is 10.2 Å². The summed E-state index contributed by atoms with van der Waals surface area (Å²) >= 11 is 6.24. The summed E-state index contributed by atoms with van der Waals surface area (Å²) in [5, 5.41) is 3.67. The van der Waals surface area contributed by atoms with Crippen molar-refractivity contribution in [3.05, 3.63) is 106 Å². The Morgan fingerprint density at radius 2 is 1.57 bits per heavy atom. The van der Waals surface area contributed by atoms with Crippen LogP contribution >= 0.6 is 11.6 Å². The smallest absolute Gasteiger partial charge is 0.243 e. The summed E-state index contributed by atoms with van der Waals surface area (Å²) in [6.07, 6.45) is 1.39. The van der Waals surface area contributed by atoms with E-state index >= 15 is 0 Å². The fourth-order valence-electron chi connectivity index (χ4n) is 3.96. The average molecular weight is 491 g/mol. The van der Waals surface area contributed by atoms with Crippen molar-refractivity contribution in [1.29, 1.82) is 0 Å². The molecular weight excluding hydrogens is 456 g/mol. The lowest BCUT2D eigenvalue weighted by Gasteiger charge is -2.32. The number of nitrogens with one attached hydrogen (secondary N) is 1. The van der Waals surface area contributed by atoms with Gasteiger partial charge in [-0.3, -0.25) is 9.59 Å². The van der Waals surface area contributed by atoms with Gasteiger partial charge in [0.2, 0.25) is 11.8 Å². The van der Waals surface area contributed by atoms with Crippen LogP contribution in [-0.2, 0) is 29.0 Å². The molecule has 0 spiro atoms. The third-order valence-electron chi connectivity index (χ3n) is 5.95. The highest BCUT2D eigenvalue weighted by Crippen LogP contribution is 2.19. The van der Waals surface area contributed by atoms with Gasteiger partial charge in [0, 0.05) is 31.0 Å². The highest BCUT2D eigenvalue weighted by molar-refractivity contribution is 6.30. The molecule has 0 heterocycles. The zero-order valence-electron chi connectivity index (χ0n) is 20.8. The Balaban J connectivity index is 1.89. The van der Waals surface area contributed by atoms with Crippen LogP contribution < -0.4 is 5.32 Å². The van der Waals surface area contributed by atoms with E-state index in [2.05, 4.69) is 43.4 Å². The van der Waals surface area contributed by atoms with E-state index in [1.165, 1.54) is 5.56 Å². The summed E-state index contributed by atoms with van der Waals surface area (Å²) in [5.74, 6) is 0.134. The number of rotatable bonds is 11. The number of carbonyl (C=O) groups is 2. The summed E-state index contributed by atoms with van der Waals surface area (Å²) in [4.78, 5) is 28.8. The third kappa shape index (κ3) is 8.56. The van der Waals surface area contributed by atoms with E-state index in [1.54, 1.807) is 4.90 Å². The average Bonchev–Trinajstić information content (AvgIpc) is 2.85. The van der Waals surface area contributed by atoms with Gasteiger partial charge in [-0.25, -0.2) is 0 Å². The minimum Gasteiger partial charge on any atom is -0.354 e. The molecule has 5 heteroatoms. The normalized spacial score (nSPS) is 11.8. The first kappa shape index (κ1) is 26.5. The Labute approximate surface area is 214 Å². The van der Waals surface area contributed by atoms with E-state index in [0.29, 0.717) is 43.3 Å². The van der Waals surface area contributed by atoms with Crippen LogP contribution in [0.1, 0.15) is 42.5 Å². The van der Waals surface area contributed by atoms with Gasteiger partial charge in [0.15, 0.2) is 0 Å². The molecule has 3 aromatic carbocycles. The lowest BCUT2D eigenvalue weighted by molar-refractivity contribution is -0.141. The molecule has 2 amide bonds. The summed E-state index contributed by atoms with van der Waals surface area (Å²) in [5.41, 5.74) is 4.21. The van der Waals surface area contributed by atoms with Crippen molar-refractivity contribution in [2.45, 2.75) is 52.6 Å². The molecule has 0 fully saturated rings. The second-order valence-electron chi connectivity index (χ2n) is 9.48. The molecular formula is C30H35ClN2O2. The minimum atomic E-state index is -0.624. The lowest BCUT2D eigenvalue weighted by atomic mass is 10.0. The molecule has 3 aromatic rings. The Kier molecular flexibility index (Phi) is 9.92. The van der Waals surface area contributed by atoms with Crippen LogP contribution in [0.4, 0.5) is 0 Å². The molecule has 0 saturated heterocycles.